The van der Waals surface area contributed by atoms with Gasteiger partial charge in [-0.15, -0.1) is 0 Å². The first-order chi connectivity index (χ1) is 6.61. The van der Waals surface area contributed by atoms with Gasteiger partial charge in [0, 0.05) is 12.6 Å². The Balaban J connectivity index is 2.52. The number of nitrogens with zero attached hydrogens (tertiary/aromatic N) is 2. The fourth-order valence-corrected chi connectivity index (χ4v) is 2.06. The highest BCUT2D eigenvalue weighted by molar-refractivity contribution is 5.31. The van der Waals surface area contributed by atoms with Crippen molar-refractivity contribution in [1.82, 2.24) is 9.78 Å². The number of rotatable bonds is 1. The Labute approximate surface area is 80.3 Å². The highest BCUT2D eigenvalue weighted by Gasteiger charge is 2.29. The average Bonchev–Trinajstić information content (AvgIpc) is 2.45. The molecule has 3 nitrogen and oxygen atoms in total. The summed E-state index contributed by atoms with van der Waals surface area (Å²) in [5.41, 5.74) is 0.939. The molecule has 2 rings (SSSR count). The van der Waals surface area contributed by atoms with E-state index in [0.717, 1.165) is 6.42 Å². The standard InChI is InChI=1S/C9H12F2N2O/c1-13-8-5(3-2-4-6(8)14)7(12-13)9(10)11/h6,9,14H,2-4H2,1H3. The molecule has 78 valence electrons. The highest BCUT2D eigenvalue weighted by Crippen LogP contribution is 2.34. The quantitative estimate of drug-likeness (QED) is 0.753. The maximum Gasteiger partial charge on any atom is 0.282 e. The zero-order valence-electron chi connectivity index (χ0n) is 7.87. The number of aliphatic hydroxyl groups is 1. The Hall–Kier alpha value is -0.970. The normalized spacial score (nSPS) is 21.4. The lowest BCUT2D eigenvalue weighted by atomic mass is 9.93. The number of halogens is 2. The van der Waals surface area contributed by atoms with Crippen molar-refractivity contribution >= 4 is 0 Å². The molecule has 0 radical (unpaired) electrons. The molecular formula is C9H12F2N2O. The molecule has 0 fully saturated rings. The zero-order chi connectivity index (χ0) is 10.3. The van der Waals surface area contributed by atoms with Crippen LogP contribution in [0.4, 0.5) is 8.78 Å². The Morgan fingerprint density at radius 2 is 2.29 bits per heavy atom. The minimum atomic E-state index is -2.55. The molecule has 1 aliphatic rings. The first kappa shape index (κ1) is 9.58. The van der Waals surface area contributed by atoms with Crippen molar-refractivity contribution in [2.24, 2.45) is 7.05 Å². The second-order valence-corrected chi connectivity index (χ2v) is 3.58. The van der Waals surface area contributed by atoms with Crippen LogP contribution in [0.2, 0.25) is 0 Å². The Kier molecular flexibility index (Phi) is 2.26. The van der Waals surface area contributed by atoms with Crippen LogP contribution in [0.15, 0.2) is 0 Å². The first-order valence-electron chi connectivity index (χ1n) is 4.63. The molecule has 1 aromatic heterocycles. The Morgan fingerprint density at radius 1 is 1.57 bits per heavy atom. The number of aliphatic hydroxyl groups excluding tert-OH is 1. The summed E-state index contributed by atoms with van der Waals surface area (Å²) in [4.78, 5) is 0. The molecule has 5 heteroatoms. The van der Waals surface area contributed by atoms with Gasteiger partial charge in [-0.2, -0.15) is 5.10 Å². The van der Waals surface area contributed by atoms with Gasteiger partial charge in [-0.05, 0) is 19.3 Å². The van der Waals surface area contributed by atoms with Crippen LogP contribution < -0.4 is 0 Å². The number of aryl methyl sites for hydroxylation is 1. The van der Waals surface area contributed by atoms with Gasteiger partial charge in [-0.1, -0.05) is 0 Å². The van der Waals surface area contributed by atoms with Crippen LogP contribution in [0.3, 0.4) is 0 Å². The van der Waals surface area contributed by atoms with Crippen LogP contribution in [0.25, 0.3) is 0 Å². The topological polar surface area (TPSA) is 38.0 Å². The molecule has 1 aromatic rings. The van der Waals surface area contributed by atoms with Gasteiger partial charge < -0.3 is 5.11 Å². The third kappa shape index (κ3) is 1.32. The summed E-state index contributed by atoms with van der Waals surface area (Å²) in [6, 6.07) is 0. The molecule has 1 unspecified atom stereocenters. The summed E-state index contributed by atoms with van der Waals surface area (Å²) >= 11 is 0. The average molecular weight is 202 g/mol. The van der Waals surface area contributed by atoms with E-state index in [2.05, 4.69) is 5.10 Å². The van der Waals surface area contributed by atoms with Crippen LogP contribution >= 0.6 is 0 Å². The van der Waals surface area contributed by atoms with E-state index in [1.165, 1.54) is 4.68 Å². The summed E-state index contributed by atoms with van der Waals surface area (Å²) in [7, 11) is 1.60. The molecule has 0 spiro atoms. The van der Waals surface area contributed by atoms with Crippen molar-refractivity contribution in [2.45, 2.75) is 31.8 Å². The van der Waals surface area contributed by atoms with Crippen LogP contribution in [0, 0.1) is 0 Å². The number of hydrogen-bond acceptors (Lipinski definition) is 2. The molecule has 0 aromatic carbocycles. The van der Waals surface area contributed by atoms with Crippen molar-refractivity contribution in [1.29, 1.82) is 0 Å². The van der Waals surface area contributed by atoms with Gasteiger partial charge >= 0.3 is 0 Å². The minimum Gasteiger partial charge on any atom is -0.387 e. The van der Waals surface area contributed by atoms with Crippen molar-refractivity contribution in [3.8, 4) is 0 Å². The number of aromatic nitrogens is 2. The third-order valence-electron chi connectivity index (χ3n) is 2.65. The van der Waals surface area contributed by atoms with Crippen molar-refractivity contribution in [3.05, 3.63) is 17.0 Å². The van der Waals surface area contributed by atoms with Crippen LogP contribution in [-0.4, -0.2) is 14.9 Å². The predicted octanol–water partition coefficient (Wildman–Crippen LogP) is 1.73. The predicted molar refractivity (Wildman–Crippen MR) is 46.1 cm³/mol. The highest BCUT2D eigenvalue weighted by atomic mass is 19.3. The largest absolute Gasteiger partial charge is 0.387 e. The maximum atomic E-state index is 12.5. The van der Waals surface area contributed by atoms with E-state index in [1.54, 1.807) is 7.05 Å². The molecule has 1 heterocycles. The molecule has 0 saturated carbocycles. The van der Waals surface area contributed by atoms with E-state index in [-0.39, 0.29) is 5.69 Å². The van der Waals surface area contributed by atoms with E-state index in [0.29, 0.717) is 24.1 Å². The van der Waals surface area contributed by atoms with Gasteiger partial charge in [-0.25, -0.2) is 8.78 Å². The lowest BCUT2D eigenvalue weighted by Gasteiger charge is -2.18. The number of alkyl halides is 2. The molecule has 1 aliphatic carbocycles. The van der Waals surface area contributed by atoms with Crippen molar-refractivity contribution < 1.29 is 13.9 Å². The smallest absolute Gasteiger partial charge is 0.282 e. The summed E-state index contributed by atoms with van der Waals surface area (Å²) in [5, 5.41) is 13.4. The lowest BCUT2D eigenvalue weighted by Crippen LogP contribution is -2.12. The second-order valence-electron chi connectivity index (χ2n) is 3.58. The Bertz CT molecular complexity index is 349. The van der Waals surface area contributed by atoms with Crippen molar-refractivity contribution in [2.75, 3.05) is 0 Å². The van der Waals surface area contributed by atoms with E-state index in [1.807, 2.05) is 0 Å². The molecule has 1 atom stereocenters. The molecule has 0 bridgehead atoms. The summed E-state index contributed by atoms with van der Waals surface area (Å²) in [6.45, 7) is 0. The van der Waals surface area contributed by atoms with Crippen LogP contribution in [0.1, 0.15) is 42.3 Å². The number of fused-ring (bicyclic) bond motifs is 1. The van der Waals surface area contributed by atoms with Crippen molar-refractivity contribution in [3.63, 3.8) is 0 Å². The maximum absolute atomic E-state index is 12.5. The zero-order valence-corrected chi connectivity index (χ0v) is 7.87. The minimum absolute atomic E-state index is 0.166. The Morgan fingerprint density at radius 3 is 2.93 bits per heavy atom. The fraction of sp³-hybridized carbons (Fsp3) is 0.667. The lowest BCUT2D eigenvalue weighted by molar-refractivity contribution is 0.141. The molecule has 0 aliphatic heterocycles. The van der Waals surface area contributed by atoms with E-state index in [9.17, 15) is 13.9 Å². The summed E-state index contributed by atoms with van der Waals surface area (Å²) in [5.74, 6) is 0. The first-order valence-corrected chi connectivity index (χ1v) is 4.63. The van der Waals surface area contributed by atoms with Gasteiger partial charge in [0.2, 0.25) is 0 Å². The molecule has 1 N–H and O–H groups in total. The molecule has 0 saturated heterocycles. The molecular weight excluding hydrogens is 190 g/mol. The van der Waals surface area contributed by atoms with Gasteiger partial charge in [-0.3, -0.25) is 4.68 Å². The number of hydrogen-bond donors (Lipinski definition) is 1. The van der Waals surface area contributed by atoms with E-state index < -0.39 is 12.5 Å². The van der Waals surface area contributed by atoms with Gasteiger partial charge in [0.15, 0.2) is 0 Å². The van der Waals surface area contributed by atoms with E-state index >= 15 is 0 Å². The van der Waals surface area contributed by atoms with Crippen LogP contribution in [-0.2, 0) is 13.5 Å². The summed E-state index contributed by atoms with van der Waals surface area (Å²) in [6.07, 6.45) is -1.20. The molecule has 0 amide bonds. The monoisotopic (exact) mass is 202 g/mol. The van der Waals surface area contributed by atoms with E-state index in [4.69, 9.17) is 0 Å². The van der Waals surface area contributed by atoms with Gasteiger partial charge in [0.25, 0.3) is 6.43 Å². The second kappa shape index (κ2) is 3.31. The van der Waals surface area contributed by atoms with Crippen LogP contribution in [0.5, 0.6) is 0 Å². The third-order valence-corrected chi connectivity index (χ3v) is 2.65. The SMILES string of the molecule is Cn1nc(C(F)F)c2c1C(O)CCC2. The summed E-state index contributed by atoms with van der Waals surface area (Å²) < 4.78 is 26.5. The molecule has 14 heavy (non-hydrogen) atoms. The fourth-order valence-electron chi connectivity index (χ4n) is 2.06. The van der Waals surface area contributed by atoms with Gasteiger partial charge in [0.1, 0.15) is 5.69 Å². The van der Waals surface area contributed by atoms with Gasteiger partial charge in [0.05, 0.1) is 11.8 Å².